The van der Waals surface area contributed by atoms with Crippen molar-refractivity contribution in [1.82, 2.24) is 0 Å². The van der Waals surface area contributed by atoms with Gasteiger partial charge in [-0.15, -0.1) is 0 Å². The first-order valence-corrected chi connectivity index (χ1v) is 3.78. The van der Waals surface area contributed by atoms with Crippen LogP contribution in [0.25, 0.3) is 6.08 Å². The van der Waals surface area contributed by atoms with Gasteiger partial charge in [0.1, 0.15) is 5.82 Å². The van der Waals surface area contributed by atoms with Gasteiger partial charge in [0, 0.05) is 0 Å². The second-order valence-corrected chi connectivity index (χ2v) is 2.54. The van der Waals surface area contributed by atoms with E-state index in [1.165, 1.54) is 6.07 Å². The summed E-state index contributed by atoms with van der Waals surface area (Å²) in [5.74, 6) is -0.213. The minimum absolute atomic E-state index is 0.0179. The minimum atomic E-state index is -0.213. The molecule has 12 heavy (non-hydrogen) atoms. The molecule has 0 heterocycles. The average Bonchev–Trinajstić information content (AvgIpc) is 2.08. The summed E-state index contributed by atoms with van der Waals surface area (Å²) in [6, 6.07) is 4.88. The molecule has 0 spiro atoms. The van der Waals surface area contributed by atoms with Gasteiger partial charge >= 0.3 is 0 Å². The van der Waals surface area contributed by atoms with Gasteiger partial charge < -0.3 is 5.11 Å². The van der Waals surface area contributed by atoms with Gasteiger partial charge in [0.05, 0.1) is 6.61 Å². The largest absolute Gasteiger partial charge is 0.392 e. The fraction of sp³-hybridized carbons (Fsp3) is 0.200. The zero-order chi connectivity index (χ0) is 8.97. The van der Waals surface area contributed by atoms with Crippen LogP contribution >= 0.6 is 0 Å². The normalized spacial score (nSPS) is 10.9. The van der Waals surface area contributed by atoms with E-state index in [2.05, 4.69) is 0 Å². The second-order valence-electron chi connectivity index (χ2n) is 2.54. The van der Waals surface area contributed by atoms with Crippen LogP contribution in [0, 0.1) is 12.7 Å². The molecule has 0 radical (unpaired) electrons. The van der Waals surface area contributed by atoms with Gasteiger partial charge in [-0.2, -0.15) is 0 Å². The molecule has 0 bridgehead atoms. The van der Waals surface area contributed by atoms with E-state index in [1.54, 1.807) is 25.1 Å². The van der Waals surface area contributed by atoms with Crippen molar-refractivity contribution < 1.29 is 9.50 Å². The molecule has 2 heteroatoms. The predicted molar refractivity (Wildman–Crippen MR) is 47.3 cm³/mol. The van der Waals surface area contributed by atoms with Gasteiger partial charge in [0.2, 0.25) is 0 Å². The molecule has 1 aromatic rings. The molecule has 64 valence electrons. The van der Waals surface area contributed by atoms with Crippen LogP contribution in [-0.2, 0) is 0 Å². The number of aliphatic hydroxyl groups is 1. The Balaban J connectivity index is 3.00. The summed E-state index contributed by atoms with van der Waals surface area (Å²) in [4.78, 5) is 0. The predicted octanol–water partition coefficient (Wildman–Crippen LogP) is 2.14. The zero-order valence-electron chi connectivity index (χ0n) is 6.92. The smallest absolute Gasteiger partial charge is 0.126 e. The van der Waals surface area contributed by atoms with Gasteiger partial charge in [-0.1, -0.05) is 24.3 Å². The number of halogens is 1. The van der Waals surface area contributed by atoms with E-state index < -0.39 is 0 Å². The van der Waals surface area contributed by atoms with Crippen LogP contribution in [0.4, 0.5) is 4.39 Å². The van der Waals surface area contributed by atoms with Gasteiger partial charge in [0.15, 0.2) is 0 Å². The van der Waals surface area contributed by atoms with Crippen LogP contribution in [-0.4, -0.2) is 11.7 Å². The molecular weight excluding hydrogens is 155 g/mol. The average molecular weight is 166 g/mol. The van der Waals surface area contributed by atoms with Crippen molar-refractivity contribution in [2.45, 2.75) is 6.92 Å². The summed E-state index contributed by atoms with van der Waals surface area (Å²) in [5, 5.41) is 8.51. The van der Waals surface area contributed by atoms with Crippen molar-refractivity contribution in [3.8, 4) is 0 Å². The lowest BCUT2D eigenvalue weighted by Crippen LogP contribution is -1.85. The van der Waals surface area contributed by atoms with E-state index in [-0.39, 0.29) is 12.4 Å². The highest BCUT2D eigenvalue weighted by Gasteiger charge is 1.98. The Bertz CT molecular complexity index is 292. The fourth-order valence-electron chi connectivity index (χ4n) is 0.984. The number of benzene rings is 1. The molecule has 0 amide bonds. The van der Waals surface area contributed by atoms with Crippen molar-refractivity contribution in [2.75, 3.05) is 6.61 Å². The lowest BCUT2D eigenvalue weighted by atomic mass is 10.1. The quantitative estimate of drug-likeness (QED) is 0.713. The minimum Gasteiger partial charge on any atom is -0.392 e. The summed E-state index contributed by atoms with van der Waals surface area (Å²) >= 11 is 0. The molecule has 0 aromatic heterocycles. The van der Waals surface area contributed by atoms with E-state index in [0.29, 0.717) is 5.56 Å². The number of hydrogen-bond acceptors (Lipinski definition) is 1. The molecule has 0 saturated heterocycles. The second kappa shape index (κ2) is 4.02. The highest BCUT2D eigenvalue weighted by Crippen LogP contribution is 2.13. The topological polar surface area (TPSA) is 20.2 Å². The fourth-order valence-corrected chi connectivity index (χ4v) is 0.984. The number of aliphatic hydroxyl groups excluding tert-OH is 1. The third-order valence-electron chi connectivity index (χ3n) is 1.71. The Kier molecular flexibility index (Phi) is 3.00. The summed E-state index contributed by atoms with van der Waals surface area (Å²) in [6.07, 6.45) is 3.29. The van der Waals surface area contributed by atoms with Crippen molar-refractivity contribution >= 4 is 6.08 Å². The zero-order valence-corrected chi connectivity index (χ0v) is 6.92. The Morgan fingerprint density at radius 1 is 1.50 bits per heavy atom. The summed E-state index contributed by atoms with van der Waals surface area (Å²) in [5.41, 5.74) is 1.42. The maximum absolute atomic E-state index is 12.9. The molecule has 0 aliphatic heterocycles. The molecule has 0 atom stereocenters. The van der Waals surface area contributed by atoms with E-state index in [1.807, 2.05) is 6.07 Å². The van der Waals surface area contributed by atoms with E-state index in [9.17, 15) is 4.39 Å². The first-order chi connectivity index (χ1) is 5.75. The van der Waals surface area contributed by atoms with Gasteiger partial charge in [-0.3, -0.25) is 0 Å². The van der Waals surface area contributed by atoms with Crippen LogP contribution in [0.1, 0.15) is 11.1 Å². The van der Waals surface area contributed by atoms with Crippen LogP contribution in [0.15, 0.2) is 24.3 Å². The number of rotatable bonds is 2. The van der Waals surface area contributed by atoms with Gasteiger partial charge in [-0.25, -0.2) is 4.39 Å². The van der Waals surface area contributed by atoms with Crippen LogP contribution in [0.3, 0.4) is 0 Å². The maximum atomic E-state index is 12.9. The molecule has 0 saturated carbocycles. The molecule has 1 nitrogen and oxygen atoms in total. The molecule has 0 unspecified atom stereocenters. The highest BCUT2D eigenvalue weighted by atomic mass is 19.1. The molecule has 1 rings (SSSR count). The summed E-state index contributed by atoms with van der Waals surface area (Å²) in [6.45, 7) is 1.70. The summed E-state index contributed by atoms with van der Waals surface area (Å²) in [7, 11) is 0. The molecule has 0 aliphatic rings. The Hall–Kier alpha value is -1.15. The van der Waals surface area contributed by atoms with Gasteiger partial charge in [0.25, 0.3) is 0 Å². The van der Waals surface area contributed by atoms with Gasteiger partial charge in [-0.05, 0) is 24.1 Å². The van der Waals surface area contributed by atoms with E-state index >= 15 is 0 Å². The molecule has 0 fully saturated rings. The monoisotopic (exact) mass is 166 g/mol. The lowest BCUT2D eigenvalue weighted by Gasteiger charge is -1.99. The van der Waals surface area contributed by atoms with Crippen LogP contribution in [0.2, 0.25) is 0 Å². The molecule has 1 aromatic carbocycles. The van der Waals surface area contributed by atoms with Crippen LogP contribution < -0.4 is 0 Å². The van der Waals surface area contributed by atoms with Crippen molar-refractivity contribution in [1.29, 1.82) is 0 Å². The maximum Gasteiger partial charge on any atom is 0.126 e. The Labute approximate surface area is 71.2 Å². The van der Waals surface area contributed by atoms with Crippen molar-refractivity contribution in [2.24, 2.45) is 0 Å². The lowest BCUT2D eigenvalue weighted by molar-refractivity contribution is 0.343. The third kappa shape index (κ3) is 1.92. The Morgan fingerprint density at radius 3 is 2.92 bits per heavy atom. The first kappa shape index (κ1) is 8.94. The van der Waals surface area contributed by atoms with E-state index in [4.69, 9.17) is 5.11 Å². The first-order valence-electron chi connectivity index (χ1n) is 3.78. The molecular formula is C10H11FO. The van der Waals surface area contributed by atoms with Crippen molar-refractivity contribution in [3.63, 3.8) is 0 Å². The van der Waals surface area contributed by atoms with E-state index in [0.717, 1.165) is 5.56 Å². The SMILES string of the molecule is Cc1c(F)cccc1/C=C/CO. The third-order valence-corrected chi connectivity index (χ3v) is 1.71. The van der Waals surface area contributed by atoms with Crippen LogP contribution in [0.5, 0.6) is 0 Å². The number of hydrogen-bond donors (Lipinski definition) is 1. The van der Waals surface area contributed by atoms with Crippen molar-refractivity contribution in [3.05, 3.63) is 41.2 Å². The Morgan fingerprint density at radius 2 is 2.25 bits per heavy atom. The standard InChI is InChI=1S/C10H11FO/c1-8-9(5-3-7-12)4-2-6-10(8)11/h2-6,12H,7H2,1H3/b5-3+. The molecule has 1 N–H and O–H groups in total. The molecule has 0 aliphatic carbocycles. The summed E-state index contributed by atoms with van der Waals surface area (Å²) < 4.78 is 12.9. The highest BCUT2D eigenvalue weighted by molar-refractivity contribution is 5.53.